The van der Waals surface area contributed by atoms with Gasteiger partial charge in [0.1, 0.15) is 0 Å². The standard InChI is InChI=1S/C25H26N4O2/c1-2-23(30)27-13-15-28(16-14-27)24(31)18-29-12-11-19-7-3-5-9-21(19)25(29)22-10-6-4-8-20(22)17-26/h2-10,25H,1,11-16,18H2. The quantitative estimate of drug-likeness (QED) is 0.721. The second-order valence-corrected chi connectivity index (χ2v) is 7.93. The second kappa shape index (κ2) is 9.15. The van der Waals surface area contributed by atoms with Crippen LogP contribution in [0.1, 0.15) is 28.3 Å². The topological polar surface area (TPSA) is 67.7 Å². The first-order valence-corrected chi connectivity index (χ1v) is 10.6. The second-order valence-electron chi connectivity index (χ2n) is 7.93. The lowest BCUT2D eigenvalue weighted by Crippen LogP contribution is -2.53. The normalized spacial score (nSPS) is 18.7. The summed E-state index contributed by atoms with van der Waals surface area (Å²) in [4.78, 5) is 30.7. The van der Waals surface area contributed by atoms with Crippen LogP contribution in [0.25, 0.3) is 0 Å². The summed E-state index contributed by atoms with van der Waals surface area (Å²) >= 11 is 0. The molecule has 2 aliphatic heterocycles. The molecule has 1 unspecified atom stereocenters. The zero-order chi connectivity index (χ0) is 21.8. The zero-order valence-corrected chi connectivity index (χ0v) is 17.5. The Balaban J connectivity index is 1.56. The van der Waals surface area contributed by atoms with E-state index in [0.29, 0.717) is 31.7 Å². The van der Waals surface area contributed by atoms with Crippen LogP contribution in [0.3, 0.4) is 0 Å². The highest BCUT2D eigenvalue weighted by atomic mass is 16.2. The van der Waals surface area contributed by atoms with Gasteiger partial charge in [-0.25, -0.2) is 0 Å². The lowest BCUT2D eigenvalue weighted by molar-refractivity contribution is -0.138. The Morgan fingerprint density at radius 1 is 0.968 bits per heavy atom. The molecular formula is C25H26N4O2. The molecule has 2 amide bonds. The molecule has 0 aromatic heterocycles. The van der Waals surface area contributed by atoms with Gasteiger partial charge in [0.2, 0.25) is 11.8 Å². The van der Waals surface area contributed by atoms with Crippen molar-refractivity contribution in [2.24, 2.45) is 0 Å². The fraction of sp³-hybridized carbons (Fsp3) is 0.320. The highest BCUT2D eigenvalue weighted by Crippen LogP contribution is 2.36. The van der Waals surface area contributed by atoms with Crippen LogP contribution in [0.15, 0.2) is 61.2 Å². The van der Waals surface area contributed by atoms with Crippen LogP contribution in [0, 0.1) is 11.3 Å². The summed E-state index contributed by atoms with van der Waals surface area (Å²) in [6.07, 6.45) is 2.19. The fourth-order valence-corrected chi connectivity index (χ4v) is 4.57. The number of carbonyl (C=O) groups is 2. The van der Waals surface area contributed by atoms with Crippen molar-refractivity contribution in [2.45, 2.75) is 12.5 Å². The van der Waals surface area contributed by atoms with Gasteiger partial charge in [-0.05, 0) is 35.3 Å². The average molecular weight is 415 g/mol. The van der Waals surface area contributed by atoms with Gasteiger partial charge < -0.3 is 9.80 Å². The Morgan fingerprint density at radius 3 is 2.32 bits per heavy atom. The van der Waals surface area contributed by atoms with E-state index in [1.165, 1.54) is 11.6 Å². The van der Waals surface area contributed by atoms with Crippen molar-refractivity contribution in [3.05, 3.63) is 83.4 Å². The van der Waals surface area contributed by atoms with Gasteiger partial charge in [-0.3, -0.25) is 14.5 Å². The number of piperazine rings is 1. The molecule has 0 saturated carbocycles. The van der Waals surface area contributed by atoms with Crippen LogP contribution in [-0.2, 0) is 16.0 Å². The number of fused-ring (bicyclic) bond motifs is 1. The number of nitriles is 1. The number of rotatable bonds is 4. The maximum atomic E-state index is 13.2. The molecule has 2 aliphatic rings. The summed E-state index contributed by atoms with van der Waals surface area (Å²) in [7, 11) is 0. The lowest BCUT2D eigenvalue weighted by atomic mass is 9.86. The molecule has 0 aliphatic carbocycles. The summed E-state index contributed by atoms with van der Waals surface area (Å²) in [5.41, 5.74) is 4.00. The lowest BCUT2D eigenvalue weighted by Gasteiger charge is -2.40. The Morgan fingerprint density at radius 2 is 1.61 bits per heavy atom. The monoisotopic (exact) mass is 414 g/mol. The maximum Gasteiger partial charge on any atom is 0.246 e. The predicted molar refractivity (Wildman–Crippen MR) is 118 cm³/mol. The molecule has 6 nitrogen and oxygen atoms in total. The van der Waals surface area contributed by atoms with Crippen molar-refractivity contribution in [3.8, 4) is 6.07 Å². The summed E-state index contributed by atoms with van der Waals surface area (Å²) in [6, 6.07) is 18.1. The van der Waals surface area contributed by atoms with Crippen molar-refractivity contribution >= 4 is 11.8 Å². The number of carbonyl (C=O) groups excluding carboxylic acids is 2. The molecule has 1 saturated heterocycles. The SMILES string of the molecule is C=CC(=O)N1CCN(C(=O)CN2CCc3ccccc3C2c2ccccc2C#N)CC1. The van der Waals surface area contributed by atoms with Crippen molar-refractivity contribution in [3.63, 3.8) is 0 Å². The molecule has 158 valence electrons. The van der Waals surface area contributed by atoms with Crippen molar-refractivity contribution < 1.29 is 9.59 Å². The van der Waals surface area contributed by atoms with Crippen LogP contribution in [0.5, 0.6) is 0 Å². The highest BCUT2D eigenvalue weighted by molar-refractivity contribution is 5.87. The fourth-order valence-electron chi connectivity index (χ4n) is 4.57. The minimum Gasteiger partial charge on any atom is -0.338 e. The first-order chi connectivity index (χ1) is 15.1. The van der Waals surface area contributed by atoms with E-state index in [1.54, 1.807) is 4.90 Å². The van der Waals surface area contributed by atoms with Crippen LogP contribution < -0.4 is 0 Å². The minimum absolute atomic E-state index is 0.0597. The Labute approximate surface area is 183 Å². The van der Waals surface area contributed by atoms with Gasteiger partial charge in [0, 0.05) is 32.7 Å². The molecule has 1 fully saturated rings. The Kier molecular flexibility index (Phi) is 6.15. The molecule has 0 radical (unpaired) electrons. The molecule has 31 heavy (non-hydrogen) atoms. The third kappa shape index (κ3) is 4.23. The van der Waals surface area contributed by atoms with E-state index in [1.807, 2.05) is 41.3 Å². The van der Waals surface area contributed by atoms with Crippen LogP contribution in [0.2, 0.25) is 0 Å². The van der Waals surface area contributed by atoms with Gasteiger partial charge in [-0.15, -0.1) is 0 Å². The third-order valence-electron chi connectivity index (χ3n) is 6.22. The zero-order valence-electron chi connectivity index (χ0n) is 17.5. The molecule has 0 N–H and O–H groups in total. The average Bonchev–Trinajstić information content (AvgIpc) is 2.83. The molecular weight excluding hydrogens is 388 g/mol. The van der Waals surface area contributed by atoms with E-state index < -0.39 is 0 Å². The minimum atomic E-state index is -0.131. The molecule has 1 atom stereocenters. The molecule has 2 aromatic carbocycles. The number of nitrogens with zero attached hydrogens (tertiary/aromatic N) is 4. The summed E-state index contributed by atoms with van der Waals surface area (Å²) in [5.74, 6) is -0.0302. The summed E-state index contributed by atoms with van der Waals surface area (Å²) in [6.45, 7) is 6.69. The van der Waals surface area contributed by atoms with Crippen molar-refractivity contribution in [1.82, 2.24) is 14.7 Å². The Bertz CT molecular complexity index is 1030. The number of benzene rings is 2. The van der Waals surface area contributed by atoms with E-state index in [0.717, 1.165) is 24.1 Å². The first-order valence-electron chi connectivity index (χ1n) is 10.6. The van der Waals surface area contributed by atoms with Gasteiger partial charge >= 0.3 is 0 Å². The molecule has 6 heteroatoms. The van der Waals surface area contributed by atoms with Gasteiger partial charge in [0.25, 0.3) is 0 Å². The molecule has 4 rings (SSSR count). The van der Waals surface area contributed by atoms with Gasteiger partial charge in [-0.2, -0.15) is 5.26 Å². The van der Waals surface area contributed by atoms with Gasteiger partial charge in [0.15, 0.2) is 0 Å². The number of hydrogen-bond donors (Lipinski definition) is 0. The van der Waals surface area contributed by atoms with E-state index in [-0.39, 0.29) is 24.4 Å². The summed E-state index contributed by atoms with van der Waals surface area (Å²) < 4.78 is 0. The van der Waals surface area contributed by atoms with E-state index in [2.05, 4.69) is 29.7 Å². The van der Waals surface area contributed by atoms with Crippen molar-refractivity contribution in [2.75, 3.05) is 39.3 Å². The highest BCUT2D eigenvalue weighted by Gasteiger charge is 2.33. The number of amides is 2. The molecule has 0 spiro atoms. The molecule has 2 heterocycles. The van der Waals surface area contributed by atoms with Gasteiger partial charge in [-0.1, -0.05) is 49.0 Å². The summed E-state index contributed by atoms with van der Waals surface area (Å²) in [5, 5.41) is 9.68. The van der Waals surface area contributed by atoms with Crippen LogP contribution in [-0.4, -0.2) is 65.8 Å². The van der Waals surface area contributed by atoms with Gasteiger partial charge in [0.05, 0.1) is 24.2 Å². The maximum absolute atomic E-state index is 13.2. The largest absolute Gasteiger partial charge is 0.338 e. The molecule has 0 bridgehead atoms. The molecule has 2 aromatic rings. The number of hydrogen-bond acceptors (Lipinski definition) is 4. The van der Waals surface area contributed by atoms with E-state index in [4.69, 9.17) is 0 Å². The Hall–Kier alpha value is -3.43. The van der Waals surface area contributed by atoms with Crippen LogP contribution >= 0.6 is 0 Å². The van der Waals surface area contributed by atoms with E-state index >= 15 is 0 Å². The predicted octanol–water partition coefficient (Wildman–Crippen LogP) is 2.36. The first kappa shape index (κ1) is 20.8. The third-order valence-corrected chi connectivity index (χ3v) is 6.22. The van der Waals surface area contributed by atoms with E-state index in [9.17, 15) is 14.9 Å². The van der Waals surface area contributed by atoms with Crippen LogP contribution in [0.4, 0.5) is 0 Å². The smallest absolute Gasteiger partial charge is 0.246 e. The van der Waals surface area contributed by atoms with Crippen molar-refractivity contribution in [1.29, 1.82) is 5.26 Å².